The molecule has 0 bridgehead atoms. The summed E-state index contributed by atoms with van der Waals surface area (Å²) in [6.07, 6.45) is 0. The zero-order valence-electron chi connectivity index (χ0n) is 15.1. The normalized spacial score (nSPS) is 15.0. The number of aryl methyl sites for hydroxylation is 1. The Bertz CT molecular complexity index is 1170. The fraction of sp³-hybridized carbons (Fsp3) is 0.0769. The fourth-order valence-corrected chi connectivity index (χ4v) is 6.28. The second-order valence-electron chi connectivity index (χ2n) is 7.39. The van der Waals surface area contributed by atoms with Gasteiger partial charge in [-0.25, -0.2) is 0 Å². The minimum absolute atomic E-state index is 0.226. The third-order valence-electron chi connectivity index (χ3n) is 6.07. The van der Waals surface area contributed by atoms with Crippen molar-refractivity contribution in [2.24, 2.45) is 0 Å². The number of rotatable bonds is 0. The van der Waals surface area contributed by atoms with Gasteiger partial charge >= 0.3 is 0 Å². The van der Waals surface area contributed by atoms with Gasteiger partial charge in [-0.2, -0.15) is 0 Å². The van der Waals surface area contributed by atoms with Crippen molar-refractivity contribution in [3.05, 3.63) is 119 Å². The van der Waals surface area contributed by atoms with Gasteiger partial charge in [0.25, 0.3) is 0 Å². The Balaban J connectivity index is 1.87. The molecule has 1 heteroatoms. The quantitative estimate of drug-likeness (QED) is 0.285. The Kier molecular flexibility index (Phi) is 3.04. The molecule has 1 aliphatic carbocycles. The third kappa shape index (κ3) is 1.80. The monoisotopic (exact) mass is 362 g/mol. The van der Waals surface area contributed by atoms with E-state index < -0.39 is 0 Å². The van der Waals surface area contributed by atoms with E-state index >= 15 is 0 Å². The molecule has 0 amide bonds. The van der Waals surface area contributed by atoms with Crippen LogP contribution in [0.15, 0.2) is 101 Å². The molecular formula is C26H18S. The Morgan fingerprint density at radius 2 is 1.11 bits per heavy atom. The smallest absolute Gasteiger partial charge is 0.0735 e. The molecule has 1 heterocycles. The van der Waals surface area contributed by atoms with Crippen LogP contribution in [0.1, 0.15) is 27.8 Å². The summed E-state index contributed by atoms with van der Waals surface area (Å²) in [6.45, 7) is 2.24. The molecule has 4 aromatic rings. The predicted molar refractivity (Wildman–Crippen MR) is 113 cm³/mol. The second-order valence-corrected chi connectivity index (χ2v) is 8.44. The van der Waals surface area contributed by atoms with E-state index in [0.717, 1.165) is 0 Å². The first-order valence-electron chi connectivity index (χ1n) is 9.38. The zero-order valence-corrected chi connectivity index (χ0v) is 15.9. The molecule has 4 aromatic carbocycles. The first kappa shape index (κ1) is 15.3. The molecular weight excluding hydrogens is 344 g/mol. The first-order valence-corrected chi connectivity index (χ1v) is 10.2. The predicted octanol–water partition coefficient (Wildman–Crippen LogP) is 6.82. The Morgan fingerprint density at radius 3 is 1.81 bits per heavy atom. The van der Waals surface area contributed by atoms with Gasteiger partial charge in [0.05, 0.1) is 5.41 Å². The lowest BCUT2D eigenvalue weighted by molar-refractivity contribution is 0.719. The van der Waals surface area contributed by atoms with Crippen molar-refractivity contribution in [1.29, 1.82) is 0 Å². The molecule has 0 radical (unpaired) electrons. The summed E-state index contributed by atoms with van der Waals surface area (Å²) >= 11 is 1.92. The summed E-state index contributed by atoms with van der Waals surface area (Å²) in [7, 11) is 0. The summed E-state index contributed by atoms with van der Waals surface area (Å²) in [5.41, 5.74) is 9.50. The summed E-state index contributed by atoms with van der Waals surface area (Å²) in [6, 6.07) is 33.7. The van der Waals surface area contributed by atoms with Gasteiger partial charge in [-0.05, 0) is 51.9 Å². The number of hydrogen-bond acceptors (Lipinski definition) is 1. The van der Waals surface area contributed by atoms with Gasteiger partial charge in [0, 0.05) is 9.79 Å². The fourth-order valence-electron chi connectivity index (χ4n) is 5.02. The van der Waals surface area contributed by atoms with Crippen molar-refractivity contribution in [3.63, 3.8) is 0 Å². The van der Waals surface area contributed by atoms with Crippen LogP contribution in [0.3, 0.4) is 0 Å². The summed E-state index contributed by atoms with van der Waals surface area (Å²) in [4.78, 5) is 2.77. The minimum Gasteiger partial charge on any atom is -0.0891 e. The molecule has 0 atom stereocenters. The van der Waals surface area contributed by atoms with E-state index in [-0.39, 0.29) is 5.41 Å². The van der Waals surface area contributed by atoms with Crippen LogP contribution in [0.2, 0.25) is 0 Å². The maximum absolute atomic E-state index is 2.34. The minimum atomic E-state index is -0.226. The molecule has 0 saturated heterocycles. The van der Waals surface area contributed by atoms with E-state index in [9.17, 15) is 0 Å². The van der Waals surface area contributed by atoms with Crippen LogP contribution in [0, 0.1) is 6.92 Å². The first-order chi connectivity index (χ1) is 13.3. The van der Waals surface area contributed by atoms with Gasteiger partial charge in [-0.3, -0.25) is 0 Å². The second kappa shape index (κ2) is 5.37. The average Bonchev–Trinajstić information content (AvgIpc) is 3.01. The highest BCUT2D eigenvalue weighted by Gasteiger charge is 2.50. The molecule has 0 aromatic heterocycles. The lowest BCUT2D eigenvalue weighted by Gasteiger charge is -2.40. The Hall–Kier alpha value is -2.77. The molecule has 1 spiro atoms. The Labute approximate surface area is 163 Å². The maximum atomic E-state index is 2.34. The lowest BCUT2D eigenvalue weighted by Crippen LogP contribution is -2.32. The van der Waals surface area contributed by atoms with Gasteiger partial charge in [0.2, 0.25) is 0 Å². The molecule has 27 heavy (non-hydrogen) atoms. The largest absolute Gasteiger partial charge is 0.0891 e. The molecule has 2 aliphatic rings. The van der Waals surface area contributed by atoms with Crippen LogP contribution in [-0.2, 0) is 5.41 Å². The van der Waals surface area contributed by atoms with Gasteiger partial charge in [0.1, 0.15) is 0 Å². The van der Waals surface area contributed by atoms with Gasteiger partial charge < -0.3 is 0 Å². The highest BCUT2D eigenvalue weighted by atomic mass is 32.2. The van der Waals surface area contributed by atoms with Crippen LogP contribution in [0.25, 0.3) is 11.1 Å². The summed E-state index contributed by atoms with van der Waals surface area (Å²) in [5, 5.41) is 0. The van der Waals surface area contributed by atoms with Crippen molar-refractivity contribution in [2.75, 3.05) is 0 Å². The van der Waals surface area contributed by atoms with Gasteiger partial charge in [-0.15, -0.1) is 0 Å². The van der Waals surface area contributed by atoms with Crippen molar-refractivity contribution in [2.45, 2.75) is 22.1 Å². The van der Waals surface area contributed by atoms with Crippen LogP contribution < -0.4 is 0 Å². The van der Waals surface area contributed by atoms with Crippen molar-refractivity contribution < 1.29 is 0 Å². The average molecular weight is 362 g/mol. The topological polar surface area (TPSA) is 0 Å². The maximum Gasteiger partial charge on any atom is 0.0735 e. The van der Waals surface area contributed by atoms with Crippen molar-refractivity contribution in [3.8, 4) is 11.1 Å². The molecule has 0 nitrogen and oxygen atoms in total. The van der Waals surface area contributed by atoms with Crippen molar-refractivity contribution >= 4 is 11.8 Å². The van der Waals surface area contributed by atoms with Crippen molar-refractivity contribution in [1.82, 2.24) is 0 Å². The molecule has 1 aliphatic heterocycles. The lowest BCUT2D eigenvalue weighted by atomic mass is 9.67. The zero-order chi connectivity index (χ0) is 18.0. The van der Waals surface area contributed by atoms with Gasteiger partial charge in [0.15, 0.2) is 0 Å². The van der Waals surface area contributed by atoms with E-state index in [0.29, 0.717) is 0 Å². The highest BCUT2D eigenvalue weighted by Crippen LogP contribution is 2.62. The molecule has 0 fully saturated rings. The molecule has 128 valence electrons. The Morgan fingerprint density at radius 1 is 0.556 bits per heavy atom. The van der Waals surface area contributed by atoms with E-state index in [1.807, 2.05) is 11.8 Å². The third-order valence-corrected chi connectivity index (χ3v) is 7.39. The van der Waals surface area contributed by atoms with Crippen LogP contribution in [-0.4, -0.2) is 0 Å². The molecule has 6 rings (SSSR count). The summed E-state index contributed by atoms with van der Waals surface area (Å²) < 4.78 is 0. The number of fused-ring (bicyclic) bond motifs is 9. The van der Waals surface area contributed by atoms with Gasteiger partial charge in [-0.1, -0.05) is 96.7 Å². The SMILES string of the molecule is Cc1cccc2c1Sc1ccccc1C21c2ccccc2-c2ccccc21. The van der Waals surface area contributed by atoms with E-state index in [1.165, 1.54) is 48.7 Å². The molecule has 0 unspecified atom stereocenters. The van der Waals surface area contributed by atoms with Crippen LogP contribution in [0.5, 0.6) is 0 Å². The van der Waals surface area contributed by atoms with Crippen LogP contribution in [0.4, 0.5) is 0 Å². The summed E-state index contributed by atoms with van der Waals surface area (Å²) in [5.74, 6) is 0. The molecule has 0 saturated carbocycles. The standard InChI is InChI=1S/C26H18S/c1-17-9-8-15-23-25(17)27-24-16-7-6-14-22(24)26(23)20-12-4-2-10-18(20)19-11-3-5-13-21(19)26/h2-16H,1H3. The highest BCUT2D eigenvalue weighted by molar-refractivity contribution is 7.99. The number of hydrogen-bond donors (Lipinski definition) is 0. The van der Waals surface area contributed by atoms with E-state index in [4.69, 9.17) is 0 Å². The van der Waals surface area contributed by atoms with Crippen LogP contribution >= 0.6 is 11.8 Å². The molecule has 0 N–H and O–H groups in total. The van der Waals surface area contributed by atoms with E-state index in [1.54, 1.807) is 0 Å². The van der Waals surface area contributed by atoms with E-state index in [2.05, 4.69) is 97.9 Å². The number of benzene rings is 4.